The van der Waals surface area contributed by atoms with E-state index in [2.05, 4.69) is 10.3 Å². The van der Waals surface area contributed by atoms with Gasteiger partial charge in [-0.1, -0.05) is 0 Å². The van der Waals surface area contributed by atoms with Crippen LogP contribution in [0.2, 0.25) is 5.35 Å². The highest BCUT2D eigenvalue weighted by atomic mass is 35.5. The van der Waals surface area contributed by atoms with Crippen molar-refractivity contribution in [1.29, 1.82) is 0 Å². The van der Waals surface area contributed by atoms with Gasteiger partial charge in [-0.2, -0.15) is 0 Å². The molecule has 2 rings (SSSR count). The molecule has 1 fully saturated rings. The first-order valence-electron chi connectivity index (χ1n) is 4.18. The molecule has 2 heterocycles. The maximum Gasteiger partial charge on any atom is 0.292 e. The Morgan fingerprint density at radius 3 is 3.17 bits per heavy atom. The molecule has 66 valence electrons. The summed E-state index contributed by atoms with van der Waals surface area (Å²) in [6.07, 6.45) is 4.08. The van der Waals surface area contributed by atoms with Crippen LogP contribution in [0, 0.1) is 0 Å². The van der Waals surface area contributed by atoms with Gasteiger partial charge < -0.3 is 9.73 Å². The number of halogens is 1. The lowest BCUT2D eigenvalue weighted by molar-refractivity contribution is 0.388. The zero-order valence-electron chi connectivity index (χ0n) is 6.72. The fourth-order valence-corrected chi connectivity index (χ4v) is 1.69. The molecule has 0 aromatic carbocycles. The average molecular weight is 187 g/mol. The van der Waals surface area contributed by atoms with Crippen molar-refractivity contribution < 1.29 is 4.42 Å². The maximum atomic E-state index is 5.58. The van der Waals surface area contributed by atoms with Gasteiger partial charge in [-0.05, 0) is 31.0 Å². The summed E-state index contributed by atoms with van der Waals surface area (Å²) in [6.45, 7) is 2.09. The molecule has 0 saturated carbocycles. The van der Waals surface area contributed by atoms with E-state index in [1.165, 1.54) is 12.8 Å². The third-order valence-electron chi connectivity index (χ3n) is 2.19. The fourth-order valence-electron chi connectivity index (χ4n) is 1.55. The average Bonchev–Trinajstić information content (AvgIpc) is 2.54. The number of aromatic nitrogens is 1. The quantitative estimate of drug-likeness (QED) is 0.727. The Kier molecular flexibility index (Phi) is 2.33. The van der Waals surface area contributed by atoms with Gasteiger partial charge in [0.25, 0.3) is 5.35 Å². The maximum absolute atomic E-state index is 5.58. The molecule has 1 aromatic rings. The molecule has 12 heavy (non-hydrogen) atoms. The molecule has 0 aliphatic carbocycles. The van der Waals surface area contributed by atoms with Crippen LogP contribution in [0.15, 0.2) is 10.6 Å². The number of oxazole rings is 1. The van der Waals surface area contributed by atoms with Crippen LogP contribution < -0.4 is 5.32 Å². The molecular formula is C8H11ClN2O. The zero-order valence-corrected chi connectivity index (χ0v) is 7.47. The first kappa shape index (κ1) is 8.08. The highest BCUT2D eigenvalue weighted by molar-refractivity contribution is 6.27. The van der Waals surface area contributed by atoms with Gasteiger partial charge in [0.05, 0.1) is 6.20 Å². The van der Waals surface area contributed by atoms with E-state index < -0.39 is 0 Å². The molecule has 1 atom stereocenters. The lowest BCUT2D eigenvalue weighted by Crippen LogP contribution is -2.28. The van der Waals surface area contributed by atoms with Crippen LogP contribution in [0.3, 0.4) is 0 Å². The normalized spacial score (nSPS) is 24.2. The molecule has 0 bridgehead atoms. The molecule has 0 amide bonds. The van der Waals surface area contributed by atoms with Crippen LogP contribution in [0.25, 0.3) is 0 Å². The van der Waals surface area contributed by atoms with Crippen molar-refractivity contribution in [3.8, 4) is 0 Å². The molecule has 3 nitrogen and oxygen atoms in total. The van der Waals surface area contributed by atoms with Gasteiger partial charge >= 0.3 is 0 Å². The molecule has 1 aromatic heterocycles. The van der Waals surface area contributed by atoms with Crippen molar-refractivity contribution in [2.45, 2.75) is 18.8 Å². The first-order chi connectivity index (χ1) is 5.86. The highest BCUT2D eigenvalue weighted by Crippen LogP contribution is 2.24. The van der Waals surface area contributed by atoms with Gasteiger partial charge in [0.15, 0.2) is 0 Å². The first-order valence-corrected chi connectivity index (χ1v) is 4.56. The molecule has 4 heteroatoms. The molecule has 1 aliphatic rings. The lowest BCUT2D eigenvalue weighted by atomic mass is 9.98. The Labute approximate surface area is 76.1 Å². The van der Waals surface area contributed by atoms with Crippen molar-refractivity contribution in [1.82, 2.24) is 10.3 Å². The Morgan fingerprint density at radius 1 is 1.67 bits per heavy atom. The number of nitrogens with zero attached hydrogens (tertiary/aromatic N) is 1. The lowest BCUT2D eigenvalue weighted by Gasteiger charge is -2.19. The summed E-state index contributed by atoms with van der Waals surface area (Å²) in [4.78, 5) is 3.86. The summed E-state index contributed by atoms with van der Waals surface area (Å²) in [7, 11) is 0. The number of hydrogen-bond donors (Lipinski definition) is 1. The predicted molar refractivity (Wildman–Crippen MR) is 46.4 cm³/mol. The van der Waals surface area contributed by atoms with Crippen LogP contribution >= 0.6 is 11.6 Å². The fraction of sp³-hybridized carbons (Fsp3) is 0.625. The van der Waals surface area contributed by atoms with Crippen LogP contribution in [0.5, 0.6) is 0 Å². The van der Waals surface area contributed by atoms with Crippen LogP contribution in [-0.4, -0.2) is 18.1 Å². The number of nitrogens with one attached hydrogen (secondary N) is 1. The van der Waals surface area contributed by atoms with Gasteiger partial charge in [-0.3, -0.25) is 0 Å². The third kappa shape index (κ3) is 1.62. The van der Waals surface area contributed by atoms with Crippen molar-refractivity contribution in [3.05, 3.63) is 17.3 Å². The van der Waals surface area contributed by atoms with E-state index in [0.29, 0.717) is 5.92 Å². The minimum atomic E-state index is 0.246. The second-order valence-corrected chi connectivity index (χ2v) is 3.38. The molecule has 1 N–H and O–H groups in total. The van der Waals surface area contributed by atoms with Crippen LogP contribution in [-0.2, 0) is 0 Å². The van der Waals surface area contributed by atoms with Gasteiger partial charge in [0.2, 0.25) is 0 Å². The summed E-state index contributed by atoms with van der Waals surface area (Å²) < 4.78 is 5.24. The monoisotopic (exact) mass is 186 g/mol. The summed E-state index contributed by atoms with van der Waals surface area (Å²) in [6, 6.07) is 0. The molecular weight excluding hydrogens is 176 g/mol. The topological polar surface area (TPSA) is 38.1 Å². The number of hydrogen-bond acceptors (Lipinski definition) is 3. The van der Waals surface area contributed by atoms with Crippen LogP contribution in [0.1, 0.15) is 24.5 Å². The largest absolute Gasteiger partial charge is 0.432 e. The third-order valence-corrected chi connectivity index (χ3v) is 2.37. The van der Waals surface area contributed by atoms with E-state index in [4.69, 9.17) is 16.0 Å². The van der Waals surface area contributed by atoms with Gasteiger partial charge in [-0.25, -0.2) is 4.98 Å². The Hall–Kier alpha value is -0.540. The number of rotatable bonds is 1. The standard InChI is InChI=1S/C8H11ClN2O/c9-8-11-5-7(12-8)6-2-1-3-10-4-6/h5-6,10H,1-4H2. The minimum Gasteiger partial charge on any atom is -0.432 e. The summed E-state index contributed by atoms with van der Waals surface area (Å²) in [5, 5.41) is 3.56. The Morgan fingerprint density at radius 2 is 2.58 bits per heavy atom. The molecule has 1 unspecified atom stereocenters. The highest BCUT2D eigenvalue weighted by Gasteiger charge is 2.18. The van der Waals surface area contributed by atoms with Crippen molar-refractivity contribution in [2.75, 3.05) is 13.1 Å². The van der Waals surface area contributed by atoms with E-state index in [1.54, 1.807) is 6.20 Å². The summed E-state index contributed by atoms with van der Waals surface area (Å²) in [5.74, 6) is 1.37. The van der Waals surface area contributed by atoms with Crippen LogP contribution in [0.4, 0.5) is 0 Å². The minimum absolute atomic E-state index is 0.246. The predicted octanol–water partition coefficient (Wildman–Crippen LogP) is 1.79. The second kappa shape index (κ2) is 3.46. The van der Waals surface area contributed by atoms with E-state index >= 15 is 0 Å². The number of piperidine rings is 1. The smallest absolute Gasteiger partial charge is 0.292 e. The van der Waals surface area contributed by atoms with E-state index in [-0.39, 0.29) is 5.35 Å². The van der Waals surface area contributed by atoms with E-state index in [9.17, 15) is 0 Å². The molecule has 1 aliphatic heterocycles. The Bertz CT molecular complexity index is 255. The van der Waals surface area contributed by atoms with Crippen molar-refractivity contribution in [2.24, 2.45) is 0 Å². The molecule has 0 radical (unpaired) electrons. The molecule has 1 saturated heterocycles. The molecule has 0 spiro atoms. The van der Waals surface area contributed by atoms with Gasteiger partial charge in [0, 0.05) is 12.5 Å². The van der Waals surface area contributed by atoms with Crippen molar-refractivity contribution in [3.63, 3.8) is 0 Å². The van der Waals surface area contributed by atoms with Gasteiger partial charge in [-0.15, -0.1) is 0 Å². The van der Waals surface area contributed by atoms with Crippen molar-refractivity contribution >= 4 is 11.6 Å². The second-order valence-electron chi connectivity index (χ2n) is 3.06. The summed E-state index contributed by atoms with van der Waals surface area (Å²) in [5.41, 5.74) is 0. The Balaban J connectivity index is 2.08. The van der Waals surface area contributed by atoms with E-state index in [0.717, 1.165) is 18.8 Å². The SMILES string of the molecule is Clc1ncc(C2CCCNC2)o1. The zero-order chi connectivity index (χ0) is 8.39. The summed E-state index contributed by atoms with van der Waals surface area (Å²) >= 11 is 5.58. The van der Waals surface area contributed by atoms with E-state index in [1.807, 2.05) is 0 Å². The van der Waals surface area contributed by atoms with Gasteiger partial charge in [0.1, 0.15) is 5.76 Å².